The molecule has 1 aromatic rings. The minimum absolute atomic E-state index is 0.0907. The summed E-state index contributed by atoms with van der Waals surface area (Å²) < 4.78 is 0. The van der Waals surface area contributed by atoms with Crippen molar-refractivity contribution >= 4 is 11.9 Å². The fourth-order valence-corrected chi connectivity index (χ4v) is 1.65. The Kier molecular flexibility index (Phi) is 3.29. The lowest BCUT2D eigenvalue weighted by Gasteiger charge is -2.12. The van der Waals surface area contributed by atoms with Crippen LogP contribution < -0.4 is 0 Å². The normalized spacial score (nSPS) is 10.2. The Morgan fingerprint density at radius 2 is 1.44 bits per heavy atom. The minimum Gasteiger partial charge on any atom is -0.478 e. The molecule has 5 heteroatoms. The van der Waals surface area contributed by atoms with Gasteiger partial charge in [0.1, 0.15) is 0 Å². The summed E-state index contributed by atoms with van der Waals surface area (Å²) in [7, 11) is 0. The van der Waals surface area contributed by atoms with Gasteiger partial charge in [-0.15, -0.1) is 0 Å². The Bertz CT molecular complexity index is 424. The molecule has 1 rings (SSSR count). The maximum Gasteiger partial charge on any atom is 0.335 e. The predicted octanol–water partition coefficient (Wildman–Crippen LogP) is 1.19. The van der Waals surface area contributed by atoms with E-state index < -0.39 is 11.9 Å². The molecule has 0 radical (unpaired) electrons. The average molecular weight is 224 g/mol. The van der Waals surface area contributed by atoms with E-state index in [0.29, 0.717) is 16.7 Å². The Labute approximate surface area is 92.0 Å². The molecular formula is C11H12O5. The monoisotopic (exact) mass is 224 g/mol. The zero-order chi connectivity index (χ0) is 12.5. The molecule has 0 saturated heterocycles. The van der Waals surface area contributed by atoms with Crippen molar-refractivity contribution in [3.8, 4) is 0 Å². The number of aliphatic hydroxyl groups excluding tert-OH is 1. The van der Waals surface area contributed by atoms with Crippen LogP contribution in [0.1, 0.15) is 37.4 Å². The number of hydrogen-bond donors (Lipinski definition) is 3. The van der Waals surface area contributed by atoms with Gasteiger partial charge in [0.15, 0.2) is 0 Å². The van der Waals surface area contributed by atoms with Crippen molar-refractivity contribution in [3.63, 3.8) is 0 Å². The lowest BCUT2D eigenvalue weighted by molar-refractivity contribution is 0.0695. The molecule has 0 amide bonds. The van der Waals surface area contributed by atoms with E-state index in [1.165, 1.54) is 0 Å². The topological polar surface area (TPSA) is 94.8 Å². The molecule has 5 nitrogen and oxygen atoms in total. The first-order valence-corrected chi connectivity index (χ1v) is 4.60. The molecule has 86 valence electrons. The standard InChI is InChI=1S/C11H12O5/c1-5-7(10(13)14)3-8(11(15)16)6(2)9(5)4-12/h3,12H,4H2,1-2H3,(H,13,14)(H,15,16). The first-order chi connectivity index (χ1) is 7.40. The Morgan fingerprint density at radius 1 is 1.06 bits per heavy atom. The summed E-state index contributed by atoms with van der Waals surface area (Å²) in [5, 5.41) is 26.9. The highest BCUT2D eigenvalue weighted by atomic mass is 16.4. The lowest BCUT2D eigenvalue weighted by atomic mass is 9.93. The van der Waals surface area contributed by atoms with Gasteiger partial charge in [-0.05, 0) is 36.6 Å². The van der Waals surface area contributed by atoms with Crippen LogP contribution in [0.25, 0.3) is 0 Å². The minimum atomic E-state index is -1.20. The molecular weight excluding hydrogens is 212 g/mol. The number of carbonyl (C=O) groups is 2. The maximum atomic E-state index is 10.9. The van der Waals surface area contributed by atoms with Gasteiger partial charge < -0.3 is 15.3 Å². The molecule has 0 atom stereocenters. The first kappa shape index (κ1) is 12.2. The molecule has 0 saturated carbocycles. The van der Waals surface area contributed by atoms with Crippen LogP contribution in [0, 0.1) is 13.8 Å². The maximum absolute atomic E-state index is 10.9. The molecule has 0 heterocycles. The second kappa shape index (κ2) is 4.32. The van der Waals surface area contributed by atoms with E-state index in [-0.39, 0.29) is 17.7 Å². The van der Waals surface area contributed by atoms with Crippen molar-refractivity contribution in [2.45, 2.75) is 20.5 Å². The van der Waals surface area contributed by atoms with Gasteiger partial charge in [-0.2, -0.15) is 0 Å². The zero-order valence-electron chi connectivity index (χ0n) is 8.94. The number of aliphatic hydroxyl groups is 1. The SMILES string of the molecule is Cc1c(C(=O)O)cc(C(=O)O)c(C)c1CO. The van der Waals surface area contributed by atoms with Crippen LogP contribution in [0.15, 0.2) is 6.07 Å². The summed E-state index contributed by atoms with van der Waals surface area (Å²) in [4.78, 5) is 21.8. The van der Waals surface area contributed by atoms with Crippen molar-refractivity contribution in [1.29, 1.82) is 0 Å². The summed E-state index contributed by atoms with van der Waals surface area (Å²) in [6.45, 7) is 2.72. The quantitative estimate of drug-likeness (QED) is 0.716. The summed E-state index contributed by atoms with van der Waals surface area (Å²) in [5.74, 6) is -2.40. The summed E-state index contributed by atoms with van der Waals surface area (Å²) in [6, 6.07) is 1.12. The third-order valence-corrected chi connectivity index (χ3v) is 2.62. The first-order valence-electron chi connectivity index (χ1n) is 4.60. The van der Waals surface area contributed by atoms with Gasteiger partial charge in [0.2, 0.25) is 0 Å². The fraction of sp³-hybridized carbons (Fsp3) is 0.273. The van der Waals surface area contributed by atoms with Crippen LogP contribution in [0.4, 0.5) is 0 Å². The number of hydrogen-bond acceptors (Lipinski definition) is 3. The third-order valence-electron chi connectivity index (χ3n) is 2.62. The Morgan fingerprint density at radius 3 is 1.69 bits per heavy atom. The highest BCUT2D eigenvalue weighted by Crippen LogP contribution is 2.22. The molecule has 0 aliphatic carbocycles. The molecule has 0 fully saturated rings. The van der Waals surface area contributed by atoms with Crippen molar-refractivity contribution in [1.82, 2.24) is 0 Å². The van der Waals surface area contributed by atoms with Crippen molar-refractivity contribution in [2.75, 3.05) is 0 Å². The van der Waals surface area contributed by atoms with E-state index >= 15 is 0 Å². The van der Waals surface area contributed by atoms with Crippen LogP contribution in [0.3, 0.4) is 0 Å². The van der Waals surface area contributed by atoms with Gasteiger partial charge >= 0.3 is 11.9 Å². The van der Waals surface area contributed by atoms with Crippen molar-refractivity contribution in [3.05, 3.63) is 33.9 Å². The number of rotatable bonds is 3. The number of aromatic carboxylic acids is 2. The van der Waals surface area contributed by atoms with Crippen LogP contribution in [-0.4, -0.2) is 27.3 Å². The van der Waals surface area contributed by atoms with Crippen LogP contribution >= 0.6 is 0 Å². The van der Waals surface area contributed by atoms with Gasteiger partial charge in [0.05, 0.1) is 17.7 Å². The molecule has 0 aliphatic heterocycles. The molecule has 0 bridgehead atoms. The lowest BCUT2D eigenvalue weighted by Crippen LogP contribution is -2.11. The largest absolute Gasteiger partial charge is 0.478 e. The van der Waals surface area contributed by atoms with E-state index in [9.17, 15) is 9.59 Å². The second-order valence-electron chi connectivity index (χ2n) is 3.47. The Hall–Kier alpha value is -1.88. The van der Waals surface area contributed by atoms with Crippen LogP contribution in [0.5, 0.6) is 0 Å². The molecule has 0 aliphatic rings. The van der Waals surface area contributed by atoms with Crippen molar-refractivity contribution < 1.29 is 24.9 Å². The van der Waals surface area contributed by atoms with Gasteiger partial charge in [-0.25, -0.2) is 9.59 Å². The summed E-state index contributed by atoms with van der Waals surface area (Å²) >= 11 is 0. The number of carboxylic acids is 2. The van der Waals surface area contributed by atoms with Gasteiger partial charge in [-0.3, -0.25) is 0 Å². The zero-order valence-corrected chi connectivity index (χ0v) is 8.94. The fourth-order valence-electron chi connectivity index (χ4n) is 1.65. The number of carboxylic acid groups (broad SMARTS) is 2. The summed E-state index contributed by atoms with van der Waals surface area (Å²) in [6.07, 6.45) is 0. The van der Waals surface area contributed by atoms with Crippen LogP contribution in [0.2, 0.25) is 0 Å². The van der Waals surface area contributed by atoms with Gasteiger partial charge in [0.25, 0.3) is 0 Å². The van der Waals surface area contributed by atoms with E-state index in [0.717, 1.165) is 6.07 Å². The van der Waals surface area contributed by atoms with Crippen molar-refractivity contribution in [2.24, 2.45) is 0 Å². The molecule has 0 aromatic heterocycles. The predicted molar refractivity (Wildman–Crippen MR) is 55.8 cm³/mol. The van der Waals surface area contributed by atoms with E-state index in [4.69, 9.17) is 15.3 Å². The molecule has 0 spiro atoms. The van der Waals surface area contributed by atoms with Crippen LogP contribution in [-0.2, 0) is 6.61 Å². The highest BCUT2D eigenvalue weighted by Gasteiger charge is 2.19. The molecule has 16 heavy (non-hydrogen) atoms. The third kappa shape index (κ3) is 1.90. The van der Waals surface area contributed by atoms with E-state index in [1.54, 1.807) is 13.8 Å². The Balaban J connectivity index is 3.62. The van der Waals surface area contributed by atoms with E-state index in [1.807, 2.05) is 0 Å². The molecule has 1 aromatic carbocycles. The molecule has 0 unspecified atom stereocenters. The second-order valence-corrected chi connectivity index (χ2v) is 3.47. The van der Waals surface area contributed by atoms with E-state index in [2.05, 4.69) is 0 Å². The average Bonchev–Trinajstić information content (AvgIpc) is 2.17. The van der Waals surface area contributed by atoms with Gasteiger partial charge in [0, 0.05) is 0 Å². The molecule has 3 N–H and O–H groups in total. The van der Waals surface area contributed by atoms with Gasteiger partial charge in [-0.1, -0.05) is 0 Å². The smallest absolute Gasteiger partial charge is 0.335 e. The number of benzene rings is 1. The summed E-state index contributed by atoms with van der Waals surface area (Å²) in [5.41, 5.74) is 0.978. The highest BCUT2D eigenvalue weighted by molar-refractivity contribution is 5.96.